The Morgan fingerprint density at radius 2 is 2.35 bits per heavy atom. The zero-order valence-electron chi connectivity index (χ0n) is 11.1. The third kappa shape index (κ3) is 4.78. The zero-order chi connectivity index (χ0) is 14.8. The van der Waals surface area contributed by atoms with Gasteiger partial charge in [-0.2, -0.15) is 0 Å². The number of ether oxygens (including phenoxy) is 3. The molecule has 0 aliphatic carbocycles. The van der Waals surface area contributed by atoms with Gasteiger partial charge in [-0.25, -0.2) is 4.98 Å². The second-order valence-corrected chi connectivity index (χ2v) is 6.54. The topological polar surface area (TPSA) is 80.7 Å². The summed E-state index contributed by atoms with van der Waals surface area (Å²) in [5.74, 6) is -0.191. The molecule has 0 amide bonds. The monoisotopic (exact) mass is 364 g/mol. The van der Waals surface area contributed by atoms with Crippen molar-refractivity contribution in [2.24, 2.45) is 0 Å². The molecule has 8 heteroatoms. The van der Waals surface area contributed by atoms with Crippen LogP contribution in [0.1, 0.15) is 19.5 Å². The van der Waals surface area contributed by atoms with E-state index in [1.165, 1.54) is 0 Å². The molecular weight excluding hydrogens is 350 g/mol. The first-order chi connectivity index (χ1) is 9.34. The van der Waals surface area contributed by atoms with E-state index in [-0.39, 0.29) is 11.9 Å². The summed E-state index contributed by atoms with van der Waals surface area (Å²) in [6.45, 7) is 4.49. The Labute approximate surface area is 128 Å². The Morgan fingerprint density at radius 3 is 2.95 bits per heavy atom. The minimum Gasteiger partial charge on any atom is -0.772 e. The van der Waals surface area contributed by atoms with Crippen LogP contribution in [0.5, 0.6) is 5.75 Å². The Morgan fingerprint density at radius 1 is 1.60 bits per heavy atom. The Hall–Kier alpha value is -0.540. The van der Waals surface area contributed by atoms with Crippen LogP contribution >= 0.6 is 15.9 Å². The van der Waals surface area contributed by atoms with Gasteiger partial charge in [-0.05, 0) is 40.9 Å². The summed E-state index contributed by atoms with van der Waals surface area (Å²) in [5, 5.41) is 0. The van der Waals surface area contributed by atoms with Gasteiger partial charge in [0.2, 0.25) is 0 Å². The third-order valence-electron chi connectivity index (χ3n) is 2.59. The highest BCUT2D eigenvalue weighted by molar-refractivity contribution is 9.10. The van der Waals surface area contributed by atoms with Gasteiger partial charge in [0.15, 0.2) is 5.79 Å². The number of aromatic nitrogens is 1. The Bertz CT molecular complexity index is 511. The molecule has 0 aromatic carbocycles. The van der Waals surface area contributed by atoms with Crippen LogP contribution in [-0.4, -0.2) is 38.9 Å². The lowest BCUT2D eigenvalue weighted by Crippen LogP contribution is -2.25. The van der Waals surface area contributed by atoms with E-state index in [2.05, 4.69) is 20.9 Å². The molecule has 20 heavy (non-hydrogen) atoms. The molecule has 0 saturated carbocycles. The lowest BCUT2D eigenvalue weighted by molar-refractivity contribution is -0.141. The average Bonchev–Trinajstić information content (AvgIpc) is 2.65. The van der Waals surface area contributed by atoms with Gasteiger partial charge in [-0.3, -0.25) is 4.21 Å². The molecule has 1 aromatic heterocycles. The van der Waals surface area contributed by atoms with E-state index >= 15 is 0 Å². The van der Waals surface area contributed by atoms with Crippen molar-refractivity contribution < 1.29 is 23.0 Å². The van der Waals surface area contributed by atoms with Gasteiger partial charge in [0.05, 0.1) is 18.1 Å². The van der Waals surface area contributed by atoms with Crippen molar-refractivity contribution in [2.45, 2.75) is 31.5 Å². The number of hydrogen-bond donors (Lipinski definition) is 0. The van der Waals surface area contributed by atoms with E-state index in [0.717, 1.165) is 0 Å². The Balaban J connectivity index is 1.96. The number of halogens is 1. The van der Waals surface area contributed by atoms with Crippen molar-refractivity contribution in [1.29, 1.82) is 0 Å². The van der Waals surface area contributed by atoms with Gasteiger partial charge < -0.3 is 18.8 Å². The van der Waals surface area contributed by atoms with Crippen LogP contribution in [-0.2, 0) is 26.3 Å². The number of nitrogens with zero attached hydrogens (tertiary/aromatic N) is 1. The highest BCUT2D eigenvalue weighted by Gasteiger charge is 2.32. The maximum atomic E-state index is 10.7. The van der Waals surface area contributed by atoms with Gasteiger partial charge in [0.25, 0.3) is 0 Å². The molecule has 0 bridgehead atoms. The molecule has 1 aromatic rings. The van der Waals surface area contributed by atoms with E-state index in [9.17, 15) is 8.76 Å². The molecule has 2 atom stereocenters. The minimum absolute atomic E-state index is 0.144. The molecule has 0 radical (unpaired) electrons. The van der Waals surface area contributed by atoms with Gasteiger partial charge in [-0.1, -0.05) is 0 Å². The average molecular weight is 365 g/mol. The highest BCUT2D eigenvalue weighted by atomic mass is 79.9. The van der Waals surface area contributed by atoms with Crippen molar-refractivity contribution in [2.75, 3.05) is 13.2 Å². The second kappa shape index (κ2) is 6.48. The molecule has 0 spiro atoms. The molecule has 1 aliphatic rings. The SMILES string of the molecule is CC1(C)OCC(COc2cc(Br)nc(CS(=O)[O-])c2)O1. The predicted molar refractivity (Wildman–Crippen MR) is 75.0 cm³/mol. The predicted octanol–water partition coefficient (Wildman–Crippen LogP) is 1.75. The van der Waals surface area contributed by atoms with E-state index in [1.54, 1.807) is 12.1 Å². The number of hydrogen-bond acceptors (Lipinski definition) is 6. The molecule has 112 valence electrons. The van der Waals surface area contributed by atoms with Crippen molar-refractivity contribution in [3.05, 3.63) is 22.4 Å². The van der Waals surface area contributed by atoms with E-state index < -0.39 is 16.9 Å². The van der Waals surface area contributed by atoms with Crippen LogP contribution in [0.4, 0.5) is 0 Å². The summed E-state index contributed by atoms with van der Waals surface area (Å²) in [6.07, 6.45) is -0.144. The quantitative estimate of drug-likeness (QED) is 0.584. The van der Waals surface area contributed by atoms with Gasteiger partial charge in [0, 0.05) is 12.1 Å². The van der Waals surface area contributed by atoms with Crippen LogP contribution in [0.15, 0.2) is 16.7 Å². The fraction of sp³-hybridized carbons (Fsp3) is 0.583. The maximum Gasteiger partial charge on any atom is 0.163 e. The van der Waals surface area contributed by atoms with Gasteiger partial charge in [-0.15, -0.1) is 0 Å². The lowest BCUT2D eigenvalue weighted by Gasteiger charge is -2.17. The van der Waals surface area contributed by atoms with Gasteiger partial charge >= 0.3 is 0 Å². The first kappa shape index (κ1) is 15.8. The van der Waals surface area contributed by atoms with Crippen molar-refractivity contribution in [3.63, 3.8) is 0 Å². The summed E-state index contributed by atoms with van der Waals surface area (Å²) in [7, 11) is 0. The molecule has 0 N–H and O–H groups in total. The number of rotatable bonds is 5. The smallest absolute Gasteiger partial charge is 0.163 e. The maximum absolute atomic E-state index is 10.7. The largest absolute Gasteiger partial charge is 0.772 e. The van der Waals surface area contributed by atoms with Crippen LogP contribution in [0.2, 0.25) is 0 Å². The molecule has 2 unspecified atom stereocenters. The van der Waals surface area contributed by atoms with Crippen molar-refractivity contribution in [1.82, 2.24) is 4.98 Å². The Kier molecular flexibility index (Phi) is 5.14. The fourth-order valence-electron chi connectivity index (χ4n) is 1.84. The minimum atomic E-state index is -2.18. The van der Waals surface area contributed by atoms with E-state index in [0.29, 0.717) is 29.3 Å². The van der Waals surface area contributed by atoms with Crippen LogP contribution in [0.25, 0.3) is 0 Å². The fourth-order valence-corrected chi connectivity index (χ4v) is 2.68. The summed E-state index contributed by atoms with van der Waals surface area (Å²) >= 11 is 1.04. The van der Waals surface area contributed by atoms with Crippen molar-refractivity contribution in [3.8, 4) is 5.75 Å². The molecule has 2 rings (SSSR count). The highest BCUT2D eigenvalue weighted by Crippen LogP contribution is 2.24. The summed E-state index contributed by atoms with van der Waals surface area (Å²) in [4.78, 5) is 4.06. The summed E-state index contributed by atoms with van der Waals surface area (Å²) in [6, 6.07) is 3.28. The van der Waals surface area contributed by atoms with Crippen molar-refractivity contribution >= 4 is 27.0 Å². The number of pyridine rings is 1. The standard InChI is InChI=1S/C12H16BrNO5S/c1-12(2)18-6-10(19-12)5-17-9-3-8(7-20(15)16)14-11(13)4-9/h3-4,10H,5-7H2,1-2H3,(H,15,16)/p-1. The van der Waals surface area contributed by atoms with Crippen LogP contribution < -0.4 is 4.74 Å². The van der Waals surface area contributed by atoms with Gasteiger partial charge in [0.1, 0.15) is 23.1 Å². The molecule has 1 saturated heterocycles. The first-order valence-electron chi connectivity index (χ1n) is 6.01. The normalized spacial score (nSPS) is 22.7. The molecule has 1 aliphatic heterocycles. The molecule has 1 fully saturated rings. The molecular formula is C12H15BrNO5S-. The van der Waals surface area contributed by atoms with Crippen LogP contribution in [0.3, 0.4) is 0 Å². The lowest BCUT2D eigenvalue weighted by atomic mass is 10.3. The van der Waals surface area contributed by atoms with E-state index in [4.69, 9.17) is 14.2 Å². The third-order valence-corrected chi connectivity index (χ3v) is 3.53. The first-order valence-corrected chi connectivity index (χ1v) is 8.05. The molecule has 6 nitrogen and oxygen atoms in total. The zero-order valence-corrected chi connectivity index (χ0v) is 13.5. The summed E-state index contributed by atoms with van der Waals surface area (Å²) in [5.41, 5.74) is 0.423. The summed E-state index contributed by atoms with van der Waals surface area (Å²) < 4.78 is 38.6. The van der Waals surface area contributed by atoms with E-state index in [1.807, 2.05) is 13.8 Å². The molecule has 2 heterocycles. The second-order valence-electron chi connectivity index (χ2n) is 4.83. The van der Waals surface area contributed by atoms with Crippen LogP contribution in [0, 0.1) is 0 Å².